The van der Waals surface area contributed by atoms with Gasteiger partial charge in [0.2, 0.25) is 11.9 Å². The summed E-state index contributed by atoms with van der Waals surface area (Å²) in [7, 11) is 5.67. The van der Waals surface area contributed by atoms with Crippen molar-refractivity contribution in [3.8, 4) is 16.9 Å². The molecular formula is C27H35N7O. The molecule has 2 aliphatic rings. The molecule has 5 rings (SSSR count). The first-order chi connectivity index (χ1) is 17.1. The van der Waals surface area contributed by atoms with Crippen LogP contribution in [0, 0.1) is 0 Å². The Kier molecular flexibility index (Phi) is 7.08. The number of hydrogen-bond acceptors (Lipinski definition) is 8. The van der Waals surface area contributed by atoms with Gasteiger partial charge in [-0.1, -0.05) is 12.1 Å². The zero-order valence-corrected chi connectivity index (χ0v) is 21.0. The minimum atomic E-state index is 0.200. The molecule has 0 bridgehead atoms. The average Bonchev–Trinajstić information content (AvgIpc) is 3.37. The normalized spacial score (nSPS) is 18.6. The molecule has 0 saturated carbocycles. The fourth-order valence-electron chi connectivity index (χ4n) is 5.12. The minimum Gasteiger partial charge on any atom is -0.497 e. The van der Waals surface area contributed by atoms with Gasteiger partial charge < -0.3 is 14.5 Å². The third-order valence-electron chi connectivity index (χ3n) is 6.97. The molecule has 2 fully saturated rings. The van der Waals surface area contributed by atoms with Gasteiger partial charge in [-0.25, -0.2) is 19.9 Å². The van der Waals surface area contributed by atoms with Gasteiger partial charge in [0.15, 0.2) is 0 Å². The molecule has 0 aliphatic carbocycles. The quantitative estimate of drug-likeness (QED) is 0.502. The molecule has 8 nitrogen and oxygen atoms in total. The molecule has 3 aromatic rings. The Morgan fingerprint density at radius 2 is 1.86 bits per heavy atom. The molecule has 184 valence electrons. The van der Waals surface area contributed by atoms with Crippen LogP contribution in [-0.4, -0.2) is 65.7 Å². The van der Waals surface area contributed by atoms with E-state index in [1.54, 1.807) is 7.11 Å². The number of rotatable bonds is 7. The van der Waals surface area contributed by atoms with Crippen LogP contribution in [0.2, 0.25) is 0 Å². The van der Waals surface area contributed by atoms with Crippen LogP contribution >= 0.6 is 0 Å². The lowest BCUT2D eigenvalue weighted by molar-refractivity contribution is 0.242. The SMILES string of the molecule is COc1cccc(-c2cnc(N(C)C)nc2[C@H]2CCCN2Cc2ccnc(N3CCCCC3)n2)c1. The third-order valence-corrected chi connectivity index (χ3v) is 6.97. The molecule has 2 aliphatic heterocycles. The first-order valence-electron chi connectivity index (χ1n) is 12.6. The summed E-state index contributed by atoms with van der Waals surface area (Å²) >= 11 is 0. The van der Waals surface area contributed by atoms with Gasteiger partial charge in [-0.2, -0.15) is 0 Å². The summed E-state index contributed by atoms with van der Waals surface area (Å²) in [5.41, 5.74) is 4.27. The molecule has 1 aromatic carbocycles. The van der Waals surface area contributed by atoms with Crippen molar-refractivity contribution in [1.82, 2.24) is 24.8 Å². The Labute approximate surface area is 208 Å². The first kappa shape index (κ1) is 23.5. The summed E-state index contributed by atoms with van der Waals surface area (Å²) < 4.78 is 5.49. The number of hydrogen-bond donors (Lipinski definition) is 0. The Morgan fingerprint density at radius 1 is 1.00 bits per heavy atom. The second kappa shape index (κ2) is 10.6. The van der Waals surface area contributed by atoms with Crippen LogP contribution in [0.4, 0.5) is 11.9 Å². The highest BCUT2D eigenvalue weighted by molar-refractivity contribution is 5.68. The van der Waals surface area contributed by atoms with E-state index in [9.17, 15) is 0 Å². The van der Waals surface area contributed by atoms with Crippen molar-refractivity contribution in [3.05, 3.63) is 54.1 Å². The number of benzene rings is 1. The smallest absolute Gasteiger partial charge is 0.225 e. The maximum Gasteiger partial charge on any atom is 0.225 e. The average molecular weight is 474 g/mol. The minimum absolute atomic E-state index is 0.200. The van der Waals surface area contributed by atoms with E-state index in [-0.39, 0.29) is 6.04 Å². The van der Waals surface area contributed by atoms with Crippen LogP contribution in [0.1, 0.15) is 49.5 Å². The Balaban J connectivity index is 1.45. The lowest BCUT2D eigenvalue weighted by atomic mass is 9.99. The molecule has 2 saturated heterocycles. The lowest BCUT2D eigenvalue weighted by Crippen LogP contribution is -2.31. The van der Waals surface area contributed by atoms with E-state index in [1.165, 1.54) is 19.3 Å². The van der Waals surface area contributed by atoms with Crippen LogP contribution in [0.15, 0.2) is 42.7 Å². The first-order valence-corrected chi connectivity index (χ1v) is 12.6. The molecule has 35 heavy (non-hydrogen) atoms. The van der Waals surface area contributed by atoms with Crippen LogP contribution < -0.4 is 14.5 Å². The number of ether oxygens (including phenoxy) is 1. The van der Waals surface area contributed by atoms with Crippen molar-refractivity contribution < 1.29 is 4.74 Å². The second-order valence-corrected chi connectivity index (χ2v) is 9.62. The van der Waals surface area contributed by atoms with Crippen molar-refractivity contribution in [2.24, 2.45) is 0 Å². The van der Waals surface area contributed by atoms with Gasteiger partial charge in [-0.3, -0.25) is 4.90 Å². The maximum absolute atomic E-state index is 5.49. The van der Waals surface area contributed by atoms with Crippen LogP contribution in [0.5, 0.6) is 5.75 Å². The highest BCUT2D eigenvalue weighted by Crippen LogP contribution is 2.38. The van der Waals surface area contributed by atoms with Crippen molar-refractivity contribution in [2.75, 3.05) is 50.6 Å². The summed E-state index contributed by atoms with van der Waals surface area (Å²) in [6.45, 7) is 3.90. The molecule has 0 amide bonds. The molecule has 0 radical (unpaired) electrons. The number of piperidine rings is 1. The van der Waals surface area contributed by atoms with Gasteiger partial charge >= 0.3 is 0 Å². The predicted molar refractivity (Wildman–Crippen MR) is 139 cm³/mol. The fraction of sp³-hybridized carbons (Fsp3) is 0.481. The van der Waals surface area contributed by atoms with Crippen molar-refractivity contribution in [1.29, 1.82) is 0 Å². The molecule has 1 atom stereocenters. The van der Waals surface area contributed by atoms with E-state index >= 15 is 0 Å². The van der Waals surface area contributed by atoms with Crippen molar-refractivity contribution in [2.45, 2.75) is 44.7 Å². The van der Waals surface area contributed by atoms with Crippen LogP contribution in [0.25, 0.3) is 11.1 Å². The molecule has 0 N–H and O–H groups in total. The topological polar surface area (TPSA) is 70.5 Å². The summed E-state index contributed by atoms with van der Waals surface area (Å²) in [6, 6.07) is 10.4. The molecule has 4 heterocycles. The van der Waals surface area contributed by atoms with Crippen LogP contribution in [-0.2, 0) is 6.54 Å². The predicted octanol–water partition coefficient (Wildman–Crippen LogP) is 4.34. The Bertz CT molecular complexity index is 1150. The second-order valence-electron chi connectivity index (χ2n) is 9.62. The van der Waals surface area contributed by atoms with Gasteiger partial charge in [-0.05, 0) is 62.4 Å². The maximum atomic E-state index is 5.49. The van der Waals surface area contributed by atoms with E-state index < -0.39 is 0 Å². The van der Waals surface area contributed by atoms with Crippen LogP contribution in [0.3, 0.4) is 0 Å². The Hall–Kier alpha value is -3.26. The highest BCUT2D eigenvalue weighted by atomic mass is 16.5. The number of nitrogens with zero attached hydrogens (tertiary/aromatic N) is 7. The van der Waals surface area contributed by atoms with Gasteiger partial charge in [0.05, 0.1) is 24.5 Å². The lowest BCUT2D eigenvalue weighted by Gasteiger charge is -2.28. The van der Waals surface area contributed by atoms with Gasteiger partial charge in [0.25, 0.3) is 0 Å². The number of aromatic nitrogens is 4. The van der Waals surface area contributed by atoms with E-state index in [0.717, 1.165) is 79.2 Å². The van der Waals surface area contributed by atoms with E-state index in [4.69, 9.17) is 14.7 Å². The zero-order valence-electron chi connectivity index (χ0n) is 21.0. The van der Waals surface area contributed by atoms with Gasteiger partial charge in [-0.15, -0.1) is 0 Å². The third kappa shape index (κ3) is 5.22. The summed E-state index contributed by atoms with van der Waals surface area (Å²) in [5.74, 6) is 2.43. The summed E-state index contributed by atoms with van der Waals surface area (Å²) in [4.78, 5) is 26.0. The standard InChI is InChI=1S/C27H35N7O/c1-32(2)26-29-18-23(20-9-7-10-22(17-20)35-3)25(31-26)24-11-8-16-34(24)19-21-12-13-28-27(30-21)33-14-5-4-6-15-33/h7,9-10,12-13,17-18,24H,4-6,8,11,14-16,19H2,1-3H3/t24-/m1/s1. The Morgan fingerprint density at radius 3 is 2.66 bits per heavy atom. The van der Waals surface area contributed by atoms with Crippen molar-refractivity contribution in [3.63, 3.8) is 0 Å². The largest absolute Gasteiger partial charge is 0.497 e. The van der Waals surface area contributed by atoms with Gasteiger partial charge in [0, 0.05) is 51.7 Å². The summed E-state index contributed by atoms with van der Waals surface area (Å²) in [6.07, 6.45) is 9.80. The molecular weight excluding hydrogens is 438 g/mol. The van der Waals surface area contributed by atoms with Crippen molar-refractivity contribution >= 4 is 11.9 Å². The van der Waals surface area contributed by atoms with Gasteiger partial charge in [0.1, 0.15) is 5.75 Å². The molecule has 2 aromatic heterocycles. The number of methoxy groups -OCH3 is 1. The van der Waals surface area contributed by atoms with E-state index in [1.807, 2.05) is 43.5 Å². The highest BCUT2D eigenvalue weighted by Gasteiger charge is 2.31. The number of anilines is 2. The molecule has 0 unspecified atom stereocenters. The van der Waals surface area contributed by atoms with E-state index in [0.29, 0.717) is 0 Å². The van der Waals surface area contributed by atoms with E-state index in [2.05, 4.69) is 38.0 Å². The summed E-state index contributed by atoms with van der Waals surface area (Å²) in [5, 5.41) is 0. The monoisotopic (exact) mass is 473 g/mol. The molecule has 8 heteroatoms. The molecule has 0 spiro atoms. The number of likely N-dealkylation sites (tertiary alicyclic amines) is 1. The zero-order chi connectivity index (χ0) is 24.2. The fourth-order valence-corrected chi connectivity index (χ4v) is 5.12.